The first-order chi connectivity index (χ1) is 11.3. The van der Waals surface area contributed by atoms with Crippen molar-refractivity contribution >= 4 is 28.6 Å². The summed E-state index contributed by atoms with van der Waals surface area (Å²) >= 11 is 3.15. The number of hydrogen-bond acceptors (Lipinski definition) is 5. The number of nitrogens with one attached hydrogen (secondary N) is 1. The van der Waals surface area contributed by atoms with Crippen LogP contribution in [0.1, 0.15) is 10.4 Å². The minimum atomic E-state index is -0.00474. The molecule has 0 aliphatic carbocycles. The molecular formula is C17H16N2O2S2. The first kappa shape index (κ1) is 15.7. The molecule has 0 aliphatic rings. The minimum absolute atomic E-state index is 0.00474. The third-order valence-corrected chi connectivity index (χ3v) is 5.05. The number of thiophene rings is 1. The number of aromatic nitrogens is 1. The molecule has 4 nitrogen and oxygen atoms in total. The quantitative estimate of drug-likeness (QED) is 0.741. The molecule has 1 amide bonds. The molecule has 0 atom stereocenters. The van der Waals surface area contributed by atoms with E-state index in [1.807, 2.05) is 41.8 Å². The van der Waals surface area contributed by atoms with Crippen LogP contribution >= 0.6 is 22.7 Å². The zero-order valence-corrected chi connectivity index (χ0v) is 14.2. The van der Waals surface area contributed by atoms with E-state index in [9.17, 15) is 4.79 Å². The molecule has 6 heteroatoms. The molecule has 0 unspecified atom stereocenters. The predicted octanol–water partition coefficient (Wildman–Crippen LogP) is 3.74. The number of nitrogens with zero attached hydrogens (tertiary/aromatic N) is 1. The third kappa shape index (κ3) is 3.97. The molecular weight excluding hydrogens is 328 g/mol. The van der Waals surface area contributed by atoms with Crippen molar-refractivity contribution in [2.24, 2.45) is 0 Å². The number of hydrogen-bond donors (Lipinski definition) is 1. The van der Waals surface area contributed by atoms with Crippen molar-refractivity contribution < 1.29 is 9.53 Å². The van der Waals surface area contributed by atoms with Crippen LogP contribution in [-0.4, -0.2) is 18.0 Å². The van der Waals surface area contributed by atoms with Gasteiger partial charge in [0.1, 0.15) is 5.75 Å². The average Bonchev–Trinajstić information content (AvgIpc) is 3.24. The smallest absolute Gasteiger partial charge is 0.225 e. The first-order valence-electron chi connectivity index (χ1n) is 7.12. The molecule has 23 heavy (non-hydrogen) atoms. The Balaban J connectivity index is 1.61. The minimum Gasteiger partial charge on any atom is -0.497 e. The fraction of sp³-hybridized carbons (Fsp3) is 0.176. The molecule has 0 radical (unpaired) electrons. The summed E-state index contributed by atoms with van der Waals surface area (Å²) in [6.45, 7) is 0.489. The van der Waals surface area contributed by atoms with Crippen LogP contribution in [0.15, 0.2) is 47.3 Å². The van der Waals surface area contributed by atoms with E-state index in [4.69, 9.17) is 4.74 Å². The molecule has 0 saturated heterocycles. The second kappa shape index (κ2) is 7.39. The van der Waals surface area contributed by atoms with Crippen LogP contribution in [0.2, 0.25) is 0 Å². The van der Waals surface area contributed by atoms with Crippen molar-refractivity contribution in [3.8, 4) is 16.3 Å². The van der Waals surface area contributed by atoms with Gasteiger partial charge in [-0.1, -0.05) is 18.2 Å². The Morgan fingerprint density at radius 3 is 2.96 bits per heavy atom. The van der Waals surface area contributed by atoms with Gasteiger partial charge in [0, 0.05) is 11.4 Å². The van der Waals surface area contributed by atoms with Crippen molar-refractivity contribution in [2.45, 2.75) is 13.0 Å². The maximum Gasteiger partial charge on any atom is 0.225 e. The van der Waals surface area contributed by atoms with Crippen molar-refractivity contribution in [3.05, 3.63) is 57.7 Å². The highest BCUT2D eigenvalue weighted by Gasteiger charge is 2.13. The molecule has 1 aromatic carbocycles. The van der Waals surface area contributed by atoms with Gasteiger partial charge in [0.25, 0.3) is 0 Å². The first-order valence-corrected chi connectivity index (χ1v) is 8.88. The van der Waals surface area contributed by atoms with Crippen LogP contribution in [0.5, 0.6) is 5.75 Å². The van der Waals surface area contributed by atoms with Gasteiger partial charge in [-0.3, -0.25) is 4.79 Å². The lowest BCUT2D eigenvalue weighted by atomic mass is 10.2. The van der Waals surface area contributed by atoms with Gasteiger partial charge in [-0.05, 0) is 29.1 Å². The molecule has 0 spiro atoms. The van der Waals surface area contributed by atoms with Crippen LogP contribution in [0.3, 0.4) is 0 Å². The van der Waals surface area contributed by atoms with Crippen molar-refractivity contribution in [2.75, 3.05) is 7.11 Å². The fourth-order valence-electron chi connectivity index (χ4n) is 2.20. The SMILES string of the molecule is COc1cccc(CNC(=O)Cc2scnc2-c2cccs2)c1. The Kier molecular flexibility index (Phi) is 5.05. The molecule has 3 rings (SSSR count). The summed E-state index contributed by atoms with van der Waals surface area (Å²) in [5, 5.41) is 4.96. The molecule has 2 heterocycles. The summed E-state index contributed by atoms with van der Waals surface area (Å²) in [7, 11) is 1.63. The number of carbonyl (C=O) groups excluding carboxylic acids is 1. The van der Waals surface area contributed by atoms with Gasteiger partial charge in [-0.2, -0.15) is 0 Å². The number of benzene rings is 1. The third-order valence-electron chi connectivity index (χ3n) is 3.34. The van der Waals surface area contributed by atoms with Crippen molar-refractivity contribution in [3.63, 3.8) is 0 Å². The highest BCUT2D eigenvalue weighted by molar-refractivity contribution is 7.14. The number of rotatable bonds is 6. The highest BCUT2D eigenvalue weighted by Crippen LogP contribution is 2.29. The van der Waals surface area contributed by atoms with Gasteiger partial charge in [-0.15, -0.1) is 22.7 Å². The molecule has 3 aromatic rings. The van der Waals surface area contributed by atoms with Crippen LogP contribution in [0.4, 0.5) is 0 Å². The Hall–Kier alpha value is -2.18. The summed E-state index contributed by atoms with van der Waals surface area (Å²) in [5.74, 6) is 0.786. The lowest BCUT2D eigenvalue weighted by Gasteiger charge is -2.07. The normalized spacial score (nSPS) is 10.5. The molecule has 0 fully saturated rings. The topological polar surface area (TPSA) is 51.2 Å². The van der Waals surface area contributed by atoms with Gasteiger partial charge in [0.05, 0.1) is 29.6 Å². The van der Waals surface area contributed by atoms with E-state index in [0.717, 1.165) is 26.8 Å². The van der Waals surface area contributed by atoms with Gasteiger partial charge in [0.15, 0.2) is 0 Å². The Morgan fingerprint density at radius 2 is 2.17 bits per heavy atom. The average molecular weight is 344 g/mol. The van der Waals surface area contributed by atoms with Gasteiger partial charge in [0.2, 0.25) is 5.91 Å². The van der Waals surface area contributed by atoms with Gasteiger partial charge >= 0.3 is 0 Å². The summed E-state index contributed by atoms with van der Waals surface area (Å²) in [5.41, 5.74) is 3.72. The van der Waals surface area contributed by atoms with Gasteiger partial charge in [-0.25, -0.2) is 4.98 Å². The summed E-state index contributed by atoms with van der Waals surface area (Å²) in [6.07, 6.45) is 0.349. The fourth-order valence-corrected chi connectivity index (χ4v) is 3.79. The molecule has 1 N–H and O–H groups in total. The molecule has 2 aromatic heterocycles. The zero-order chi connectivity index (χ0) is 16.1. The van der Waals surface area contributed by atoms with E-state index in [1.165, 1.54) is 11.3 Å². The number of ether oxygens (including phenoxy) is 1. The molecule has 118 valence electrons. The van der Waals surface area contributed by atoms with E-state index in [0.29, 0.717) is 13.0 Å². The number of thiazole rings is 1. The van der Waals surface area contributed by atoms with E-state index in [-0.39, 0.29) is 5.91 Å². The van der Waals surface area contributed by atoms with Crippen LogP contribution < -0.4 is 10.1 Å². The number of amides is 1. The van der Waals surface area contributed by atoms with Gasteiger partial charge < -0.3 is 10.1 Å². The summed E-state index contributed by atoms with van der Waals surface area (Å²) in [6, 6.07) is 11.7. The van der Waals surface area contributed by atoms with Crippen LogP contribution in [-0.2, 0) is 17.8 Å². The van der Waals surface area contributed by atoms with E-state index in [1.54, 1.807) is 24.0 Å². The second-order valence-electron chi connectivity index (χ2n) is 4.91. The standard InChI is InChI=1S/C17H16N2O2S2/c1-21-13-5-2-4-12(8-13)10-18-16(20)9-15-17(19-11-23-15)14-6-3-7-22-14/h2-8,11H,9-10H2,1H3,(H,18,20). The van der Waals surface area contributed by atoms with Crippen LogP contribution in [0, 0.1) is 0 Å². The summed E-state index contributed by atoms with van der Waals surface area (Å²) < 4.78 is 5.19. The second-order valence-corrected chi connectivity index (χ2v) is 6.79. The van der Waals surface area contributed by atoms with Crippen LogP contribution in [0.25, 0.3) is 10.6 Å². The van der Waals surface area contributed by atoms with E-state index >= 15 is 0 Å². The Labute approximate surface area is 142 Å². The lowest BCUT2D eigenvalue weighted by molar-refractivity contribution is -0.120. The maximum atomic E-state index is 12.2. The zero-order valence-electron chi connectivity index (χ0n) is 12.6. The van der Waals surface area contributed by atoms with E-state index < -0.39 is 0 Å². The molecule has 0 bridgehead atoms. The Morgan fingerprint density at radius 1 is 1.26 bits per heavy atom. The number of carbonyl (C=O) groups is 1. The van der Waals surface area contributed by atoms with Crippen molar-refractivity contribution in [1.29, 1.82) is 0 Å². The lowest BCUT2D eigenvalue weighted by Crippen LogP contribution is -2.24. The largest absolute Gasteiger partial charge is 0.497 e. The number of methoxy groups -OCH3 is 1. The summed E-state index contributed by atoms with van der Waals surface area (Å²) in [4.78, 5) is 18.7. The van der Waals surface area contributed by atoms with Crippen molar-refractivity contribution in [1.82, 2.24) is 10.3 Å². The predicted molar refractivity (Wildman–Crippen MR) is 94.0 cm³/mol. The molecule has 0 saturated carbocycles. The van der Waals surface area contributed by atoms with E-state index in [2.05, 4.69) is 10.3 Å². The molecule has 0 aliphatic heterocycles. The monoisotopic (exact) mass is 344 g/mol. The maximum absolute atomic E-state index is 12.2. The highest BCUT2D eigenvalue weighted by atomic mass is 32.1. The Bertz CT molecular complexity index is 782.